The maximum Gasteiger partial charge on any atom is 0.0591 e. The number of hydrogen-bond donors (Lipinski definition) is 1. The summed E-state index contributed by atoms with van der Waals surface area (Å²) in [6, 6.07) is 8.63. The average molecular weight is 265 g/mol. The fraction of sp³-hybridized carbons (Fsp3) is 0.429. The second-order valence-electron chi connectivity index (χ2n) is 4.74. The van der Waals surface area contributed by atoms with E-state index in [1.54, 1.807) is 0 Å². The van der Waals surface area contributed by atoms with Gasteiger partial charge in [-0.3, -0.25) is 0 Å². The van der Waals surface area contributed by atoms with Crippen LogP contribution in [-0.2, 0) is 11.8 Å². The summed E-state index contributed by atoms with van der Waals surface area (Å²) in [6.07, 6.45) is 1.01. The van der Waals surface area contributed by atoms with Gasteiger partial charge in [0.1, 0.15) is 0 Å². The highest BCUT2D eigenvalue weighted by Crippen LogP contribution is 2.27. The zero-order valence-corrected chi connectivity index (χ0v) is 11.2. The van der Waals surface area contributed by atoms with E-state index in [1.807, 2.05) is 12.1 Å². The average Bonchev–Trinajstić information content (AvgIpc) is 2.57. The Bertz CT molecular complexity index is 556. The van der Waals surface area contributed by atoms with E-state index in [0.29, 0.717) is 6.04 Å². The number of nitrogens with one attached hydrogen (secondary N) is 1. The van der Waals surface area contributed by atoms with E-state index in [2.05, 4.69) is 29.1 Å². The minimum absolute atomic E-state index is 0.365. The molecule has 0 radical (unpaired) electrons. The number of fused-ring (bicyclic) bond motifs is 1. The molecule has 1 saturated heterocycles. The Morgan fingerprint density at radius 2 is 2.22 bits per heavy atom. The monoisotopic (exact) mass is 264 g/mol. The summed E-state index contributed by atoms with van der Waals surface area (Å²) in [5, 5.41) is 5.53. The predicted octanol–water partition coefficient (Wildman–Crippen LogP) is 2.88. The number of aromatic nitrogens is 1. The van der Waals surface area contributed by atoms with Gasteiger partial charge in [0.05, 0.1) is 6.61 Å². The summed E-state index contributed by atoms with van der Waals surface area (Å²) in [5.74, 6) is 0. The number of halogens is 1. The van der Waals surface area contributed by atoms with Gasteiger partial charge in [-0.05, 0) is 30.7 Å². The number of nitrogens with zero attached hydrogens (tertiary/aromatic N) is 1. The Morgan fingerprint density at radius 1 is 1.33 bits per heavy atom. The molecule has 1 aromatic carbocycles. The summed E-state index contributed by atoms with van der Waals surface area (Å²) in [6.45, 7) is 2.53. The van der Waals surface area contributed by atoms with Gasteiger partial charge in [0.2, 0.25) is 0 Å². The minimum atomic E-state index is 0.365. The fourth-order valence-electron chi connectivity index (χ4n) is 2.64. The first-order valence-electron chi connectivity index (χ1n) is 6.32. The zero-order chi connectivity index (χ0) is 12.5. The summed E-state index contributed by atoms with van der Waals surface area (Å²) in [7, 11) is 2.11. The SMILES string of the molecule is Cn1c(C2CCOCCN2)cc2cc(Cl)ccc21. The van der Waals surface area contributed by atoms with Crippen molar-refractivity contribution >= 4 is 22.5 Å². The van der Waals surface area contributed by atoms with E-state index >= 15 is 0 Å². The number of benzene rings is 1. The lowest BCUT2D eigenvalue weighted by Gasteiger charge is -2.16. The Kier molecular flexibility index (Phi) is 3.29. The highest BCUT2D eigenvalue weighted by atomic mass is 35.5. The van der Waals surface area contributed by atoms with Crippen molar-refractivity contribution < 1.29 is 4.74 Å². The lowest BCUT2D eigenvalue weighted by atomic mass is 10.1. The molecule has 3 nitrogen and oxygen atoms in total. The third kappa shape index (κ3) is 2.14. The molecule has 1 aliphatic heterocycles. The van der Waals surface area contributed by atoms with E-state index < -0.39 is 0 Å². The fourth-order valence-corrected chi connectivity index (χ4v) is 2.82. The highest BCUT2D eigenvalue weighted by molar-refractivity contribution is 6.31. The molecule has 1 fully saturated rings. The lowest BCUT2D eigenvalue weighted by molar-refractivity contribution is 0.149. The van der Waals surface area contributed by atoms with Crippen LogP contribution in [0.1, 0.15) is 18.2 Å². The van der Waals surface area contributed by atoms with E-state index in [4.69, 9.17) is 16.3 Å². The smallest absolute Gasteiger partial charge is 0.0591 e. The molecular weight excluding hydrogens is 248 g/mol. The molecule has 1 atom stereocenters. The van der Waals surface area contributed by atoms with Crippen LogP contribution in [0.2, 0.25) is 5.02 Å². The van der Waals surface area contributed by atoms with Crippen molar-refractivity contribution in [1.82, 2.24) is 9.88 Å². The molecule has 1 aromatic heterocycles. The van der Waals surface area contributed by atoms with Crippen molar-refractivity contribution in [2.45, 2.75) is 12.5 Å². The molecular formula is C14H17ClN2O. The topological polar surface area (TPSA) is 26.2 Å². The maximum absolute atomic E-state index is 6.05. The van der Waals surface area contributed by atoms with Crippen LogP contribution in [0.25, 0.3) is 10.9 Å². The minimum Gasteiger partial charge on any atom is -0.380 e. The molecule has 2 heterocycles. The van der Waals surface area contributed by atoms with Gasteiger partial charge in [0, 0.05) is 47.9 Å². The molecule has 3 rings (SSSR count). The Hall–Kier alpha value is -1.03. The third-order valence-corrected chi connectivity index (χ3v) is 3.82. The van der Waals surface area contributed by atoms with Crippen molar-refractivity contribution in [2.24, 2.45) is 7.05 Å². The van der Waals surface area contributed by atoms with Crippen molar-refractivity contribution in [3.05, 3.63) is 35.0 Å². The van der Waals surface area contributed by atoms with Gasteiger partial charge in [-0.1, -0.05) is 11.6 Å². The molecule has 0 spiro atoms. The zero-order valence-electron chi connectivity index (χ0n) is 10.4. The molecule has 0 amide bonds. The van der Waals surface area contributed by atoms with Crippen LogP contribution in [0.15, 0.2) is 24.3 Å². The predicted molar refractivity (Wildman–Crippen MR) is 74.1 cm³/mol. The first-order valence-corrected chi connectivity index (χ1v) is 6.69. The molecule has 96 valence electrons. The maximum atomic E-state index is 6.05. The summed E-state index contributed by atoms with van der Waals surface area (Å²) in [4.78, 5) is 0. The first-order chi connectivity index (χ1) is 8.75. The summed E-state index contributed by atoms with van der Waals surface area (Å²) < 4.78 is 7.73. The molecule has 0 saturated carbocycles. The van der Waals surface area contributed by atoms with Crippen molar-refractivity contribution in [1.29, 1.82) is 0 Å². The van der Waals surface area contributed by atoms with E-state index in [1.165, 1.54) is 16.6 Å². The molecule has 18 heavy (non-hydrogen) atoms. The van der Waals surface area contributed by atoms with Gasteiger partial charge in [0.25, 0.3) is 0 Å². The summed E-state index contributed by atoms with van der Waals surface area (Å²) in [5.41, 5.74) is 2.53. The van der Waals surface area contributed by atoms with Crippen LogP contribution in [0.3, 0.4) is 0 Å². The molecule has 0 bridgehead atoms. The standard InChI is InChI=1S/C14H17ClN2O/c1-17-13-3-2-11(15)8-10(13)9-14(17)12-4-6-18-7-5-16-12/h2-3,8-9,12,16H,4-7H2,1H3. The number of hydrogen-bond acceptors (Lipinski definition) is 2. The molecule has 4 heteroatoms. The van der Waals surface area contributed by atoms with Gasteiger partial charge < -0.3 is 14.6 Å². The van der Waals surface area contributed by atoms with Crippen LogP contribution >= 0.6 is 11.6 Å². The second kappa shape index (κ2) is 4.92. The normalized spacial score (nSPS) is 21.1. The Balaban J connectivity index is 2.02. The molecule has 0 aliphatic carbocycles. The number of rotatable bonds is 1. The van der Waals surface area contributed by atoms with Crippen LogP contribution in [0, 0.1) is 0 Å². The van der Waals surface area contributed by atoms with Crippen LogP contribution in [-0.4, -0.2) is 24.3 Å². The lowest BCUT2D eigenvalue weighted by Crippen LogP contribution is -2.23. The largest absolute Gasteiger partial charge is 0.380 e. The van der Waals surface area contributed by atoms with E-state index in [9.17, 15) is 0 Å². The van der Waals surface area contributed by atoms with Crippen molar-refractivity contribution in [3.8, 4) is 0 Å². The summed E-state index contributed by atoms with van der Waals surface area (Å²) >= 11 is 6.05. The Morgan fingerprint density at radius 3 is 3.11 bits per heavy atom. The van der Waals surface area contributed by atoms with Crippen molar-refractivity contribution in [3.63, 3.8) is 0 Å². The number of ether oxygens (including phenoxy) is 1. The quantitative estimate of drug-likeness (QED) is 0.857. The first kappa shape index (κ1) is 12.0. The van der Waals surface area contributed by atoms with Gasteiger partial charge in [-0.25, -0.2) is 0 Å². The molecule has 1 unspecified atom stereocenters. The van der Waals surface area contributed by atoms with E-state index in [-0.39, 0.29) is 0 Å². The van der Waals surface area contributed by atoms with Crippen molar-refractivity contribution in [2.75, 3.05) is 19.8 Å². The van der Waals surface area contributed by atoms with Crippen LogP contribution in [0.5, 0.6) is 0 Å². The van der Waals surface area contributed by atoms with Gasteiger partial charge in [-0.15, -0.1) is 0 Å². The Labute approximate surface area is 112 Å². The van der Waals surface area contributed by atoms with Gasteiger partial charge in [0.15, 0.2) is 0 Å². The molecule has 1 aliphatic rings. The third-order valence-electron chi connectivity index (χ3n) is 3.59. The van der Waals surface area contributed by atoms with Crippen LogP contribution in [0.4, 0.5) is 0 Å². The number of aryl methyl sites for hydroxylation is 1. The molecule has 1 N–H and O–H groups in total. The second-order valence-corrected chi connectivity index (χ2v) is 5.18. The van der Waals surface area contributed by atoms with Gasteiger partial charge >= 0.3 is 0 Å². The van der Waals surface area contributed by atoms with Gasteiger partial charge in [-0.2, -0.15) is 0 Å². The van der Waals surface area contributed by atoms with E-state index in [0.717, 1.165) is 31.2 Å². The van der Waals surface area contributed by atoms with Crippen LogP contribution < -0.4 is 5.32 Å². The molecule has 2 aromatic rings. The highest BCUT2D eigenvalue weighted by Gasteiger charge is 2.18.